The smallest absolute Gasteiger partial charge is 0.340 e. The normalized spacial score (nSPS) is 10.2. The van der Waals surface area contributed by atoms with E-state index < -0.39 is 5.97 Å². The van der Waals surface area contributed by atoms with Gasteiger partial charge in [-0.3, -0.25) is 4.79 Å². The number of esters is 1. The summed E-state index contributed by atoms with van der Waals surface area (Å²) < 4.78 is 7.17. The number of aryl methyl sites for hydroxylation is 1. The summed E-state index contributed by atoms with van der Waals surface area (Å²) in [7, 11) is 0. The largest absolute Gasteiger partial charge is 0.462 e. The Balaban J connectivity index is 3.39. The Bertz CT molecular complexity index is 546. The molecule has 0 amide bonds. The van der Waals surface area contributed by atoms with Gasteiger partial charge in [-0.25, -0.2) is 4.79 Å². The van der Waals surface area contributed by atoms with E-state index in [0.717, 1.165) is 0 Å². The third-order valence-electron chi connectivity index (χ3n) is 2.58. The number of pyridine rings is 1. The van der Waals surface area contributed by atoms with Crippen LogP contribution in [0.1, 0.15) is 28.5 Å². The molecule has 0 aromatic carbocycles. The van der Waals surface area contributed by atoms with Crippen molar-refractivity contribution in [2.45, 2.75) is 27.3 Å². The highest BCUT2D eigenvalue weighted by Gasteiger charge is 2.17. The molecular formula is C13H16BrNO3. The zero-order chi connectivity index (χ0) is 13.9. The van der Waals surface area contributed by atoms with Gasteiger partial charge in [-0.1, -0.05) is 22.5 Å². The molecule has 1 aromatic rings. The maximum Gasteiger partial charge on any atom is 0.340 e. The van der Waals surface area contributed by atoms with Crippen molar-refractivity contribution in [3.63, 3.8) is 0 Å². The first-order valence-corrected chi connectivity index (χ1v) is 6.39. The minimum Gasteiger partial charge on any atom is -0.462 e. The van der Waals surface area contributed by atoms with E-state index in [9.17, 15) is 9.59 Å². The molecular weight excluding hydrogens is 298 g/mol. The summed E-state index contributed by atoms with van der Waals surface area (Å²) >= 11 is 3.22. The Labute approximate surface area is 114 Å². The molecule has 4 nitrogen and oxygen atoms in total. The van der Waals surface area contributed by atoms with Crippen molar-refractivity contribution < 1.29 is 9.53 Å². The molecule has 0 saturated carbocycles. The average Bonchev–Trinajstić information content (AvgIpc) is 2.24. The number of hydrogen-bond donors (Lipinski definition) is 0. The minimum absolute atomic E-state index is 0.154. The Hall–Kier alpha value is -1.36. The van der Waals surface area contributed by atoms with E-state index in [1.807, 2.05) is 0 Å². The van der Waals surface area contributed by atoms with Crippen molar-refractivity contribution in [3.05, 3.63) is 44.3 Å². The topological polar surface area (TPSA) is 48.3 Å². The van der Waals surface area contributed by atoms with Crippen LogP contribution < -0.4 is 5.56 Å². The maximum absolute atomic E-state index is 11.9. The molecule has 0 aliphatic heterocycles. The number of aromatic nitrogens is 1. The fourth-order valence-electron chi connectivity index (χ4n) is 1.80. The van der Waals surface area contributed by atoms with Gasteiger partial charge in [0.1, 0.15) is 0 Å². The van der Waals surface area contributed by atoms with Gasteiger partial charge in [0, 0.05) is 16.2 Å². The molecule has 1 heterocycles. The molecule has 18 heavy (non-hydrogen) atoms. The van der Waals surface area contributed by atoms with Gasteiger partial charge in [0.25, 0.3) is 5.56 Å². The second-order valence-corrected chi connectivity index (χ2v) is 5.07. The van der Waals surface area contributed by atoms with E-state index in [1.54, 1.807) is 20.8 Å². The molecule has 5 heteroatoms. The first-order chi connectivity index (χ1) is 8.38. The molecule has 0 aliphatic carbocycles. The molecule has 0 N–H and O–H groups in total. The van der Waals surface area contributed by atoms with Crippen LogP contribution in [0.3, 0.4) is 0 Å². The lowest BCUT2D eigenvalue weighted by molar-refractivity contribution is 0.0523. The van der Waals surface area contributed by atoms with Gasteiger partial charge in [0.15, 0.2) is 0 Å². The third kappa shape index (κ3) is 3.10. The lowest BCUT2D eigenvalue weighted by atomic mass is 10.1. The molecule has 98 valence electrons. The molecule has 0 radical (unpaired) electrons. The molecule has 0 fully saturated rings. The van der Waals surface area contributed by atoms with E-state index in [4.69, 9.17) is 4.74 Å². The lowest BCUT2D eigenvalue weighted by Crippen LogP contribution is -2.26. The van der Waals surface area contributed by atoms with Crippen LogP contribution in [0.15, 0.2) is 21.9 Å². The van der Waals surface area contributed by atoms with Gasteiger partial charge in [0.05, 0.1) is 18.7 Å². The second kappa shape index (κ2) is 6.00. The Morgan fingerprint density at radius 1 is 1.50 bits per heavy atom. The summed E-state index contributed by atoms with van der Waals surface area (Å²) in [6, 6.07) is 1.44. The van der Waals surface area contributed by atoms with Crippen molar-refractivity contribution in [1.82, 2.24) is 4.57 Å². The van der Waals surface area contributed by atoms with E-state index >= 15 is 0 Å². The monoisotopic (exact) mass is 313 g/mol. The third-order valence-corrected chi connectivity index (χ3v) is 2.83. The number of nitrogens with zero attached hydrogens (tertiary/aromatic N) is 1. The molecule has 1 aromatic heterocycles. The van der Waals surface area contributed by atoms with Gasteiger partial charge < -0.3 is 9.30 Å². The van der Waals surface area contributed by atoms with Crippen molar-refractivity contribution >= 4 is 21.9 Å². The first kappa shape index (κ1) is 14.7. The number of hydrogen-bond acceptors (Lipinski definition) is 3. The summed E-state index contributed by atoms with van der Waals surface area (Å²) in [5, 5.41) is 0. The van der Waals surface area contributed by atoms with Crippen LogP contribution >= 0.6 is 15.9 Å². The maximum atomic E-state index is 11.9. The van der Waals surface area contributed by atoms with E-state index in [1.165, 1.54) is 10.6 Å². The van der Waals surface area contributed by atoms with Crippen LogP contribution in [0.2, 0.25) is 0 Å². The van der Waals surface area contributed by atoms with Crippen LogP contribution in [0.25, 0.3) is 0 Å². The van der Waals surface area contributed by atoms with Crippen LogP contribution in [-0.2, 0) is 11.3 Å². The van der Waals surface area contributed by atoms with Crippen molar-refractivity contribution in [2.24, 2.45) is 0 Å². The number of halogens is 1. The quantitative estimate of drug-likeness (QED) is 0.803. The fraction of sp³-hybridized carbons (Fsp3) is 0.385. The van der Waals surface area contributed by atoms with Crippen molar-refractivity contribution in [3.8, 4) is 0 Å². The molecule has 1 rings (SSSR count). The molecule has 0 saturated heterocycles. The molecule has 0 atom stereocenters. The van der Waals surface area contributed by atoms with Gasteiger partial charge in [-0.05, 0) is 26.3 Å². The highest BCUT2D eigenvalue weighted by atomic mass is 79.9. The highest BCUT2D eigenvalue weighted by molar-refractivity contribution is 9.11. The summed E-state index contributed by atoms with van der Waals surface area (Å²) in [4.78, 5) is 23.7. The zero-order valence-electron chi connectivity index (χ0n) is 10.7. The number of allylic oxidation sites excluding steroid dienone is 1. The Kier molecular flexibility index (Phi) is 4.90. The van der Waals surface area contributed by atoms with Gasteiger partial charge in [-0.15, -0.1) is 0 Å². The van der Waals surface area contributed by atoms with Crippen LogP contribution in [-0.4, -0.2) is 17.1 Å². The van der Waals surface area contributed by atoms with E-state index in [2.05, 4.69) is 22.5 Å². The zero-order valence-corrected chi connectivity index (χ0v) is 12.3. The predicted octanol–water partition coefficient (Wildman–Crippen LogP) is 2.55. The predicted molar refractivity (Wildman–Crippen MR) is 74.2 cm³/mol. The fourth-order valence-corrected chi connectivity index (χ4v) is 2.05. The second-order valence-electron chi connectivity index (χ2n) is 3.95. The minimum atomic E-state index is -0.401. The van der Waals surface area contributed by atoms with E-state index in [-0.39, 0.29) is 5.56 Å². The number of carbonyl (C=O) groups excluding carboxylic acids is 1. The average molecular weight is 314 g/mol. The molecule has 0 bridgehead atoms. The SMILES string of the molecule is C=C(Br)Cn1c(C)c(C(=O)OCC)c(C)cc1=O. The summed E-state index contributed by atoms with van der Waals surface area (Å²) in [5.74, 6) is -0.401. The van der Waals surface area contributed by atoms with Crippen molar-refractivity contribution in [2.75, 3.05) is 6.61 Å². The van der Waals surface area contributed by atoms with Gasteiger partial charge >= 0.3 is 5.97 Å². The summed E-state index contributed by atoms with van der Waals surface area (Å²) in [6.07, 6.45) is 0. The summed E-state index contributed by atoms with van der Waals surface area (Å²) in [5.41, 5.74) is 1.52. The van der Waals surface area contributed by atoms with E-state index in [0.29, 0.717) is 34.5 Å². The number of carbonyl (C=O) groups is 1. The molecule has 0 spiro atoms. The molecule has 0 unspecified atom stereocenters. The highest BCUT2D eigenvalue weighted by Crippen LogP contribution is 2.15. The van der Waals surface area contributed by atoms with Gasteiger partial charge in [0.2, 0.25) is 0 Å². The number of ether oxygens (including phenoxy) is 1. The standard InChI is InChI=1S/C13H16BrNO3/c1-5-18-13(17)12-8(2)6-11(16)15(10(12)4)7-9(3)14/h6H,3,5,7H2,1-2,4H3. The molecule has 0 aliphatic rings. The Morgan fingerprint density at radius 3 is 2.61 bits per heavy atom. The summed E-state index contributed by atoms with van der Waals surface area (Å²) in [6.45, 7) is 9.56. The number of rotatable bonds is 4. The first-order valence-electron chi connectivity index (χ1n) is 5.60. The van der Waals surface area contributed by atoms with Crippen LogP contribution in [0, 0.1) is 13.8 Å². The van der Waals surface area contributed by atoms with Crippen molar-refractivity contribution in [1.29, 1.82) is 0 Å². The van der Waals surface area contributed by atoms with Crippen LogP contribution in [0.4, 0.5) is 0 Å². The van der Waals surface area contributed by atoms with Crippen LogP contribution in [0.5, 0.6) is 0 Å². The Morgan fingerprint density at radius 2 is 2.11 bits per heavy atom. The van der Waals surface area contributed by atoms with Gasteiger partial charge in [-0.2, -0.15) is 0 Å². The lowest BCUT2D eigenvalue weighted by Gasteiger charge is -2.15.